The second-order valence-electron chi connectivity index (χ2n) is 6.32. The average Bonchev–Trinajstić information content (AvgIpc) is 2.71. The number of hydrogen-bond donors (Lipinski definition) is 1. The molecule has 1 aliphatic rings. The molecular weight excluding hydrogens is 394 g/mol. The molecule has 2 aromatic carbocycles. The summed E-state index contributed by atoms with van der Waals surface area (Å²) < 4.78 is 10.2. The maximum Gasteiger partial charge on any atom is 0.335 e. The third-order valence-corrected chi connectivity index (χ3v) is 4.42. The highest BCUT2D eigenvalue weighted by Gasteiger charge is 2.37. The van der Waals surface area contributed by atoms with Crippen molar-refractivity contribution in [3.8, 4) is 11.5 Å². The molecule has 30 heavy (non-hydrogen) atoms. The van der Waals surface area contributed by atoms with Gasteiger partial charge >= 0.3 is 11.7 Å². The first kappa shape index (κ1) is 20.5. The van der Waals surface area contributed by atoms with E-state index in [1.165, 1.54) is 20.3 Å². The fourth-order valence-corrected chi connectivity index (χ4v) is 2.90. The zero-order valence-corrected chi connectivity index (χ0v) is 16.3. The summed E-state index contributed by atoms with van der Waals surface area (Å²) >= 11 is 0. The van der Waals surface area contributed by atoms with Gasteiger partial charge in [0.2, 0.25) is 5.75 Å². The molecule has 4 amide bonds. The molecule has 1 heterocycles. The van der Waals surface area contributed by atoms with Gasteiger partial charge in [0.25, 0.3) is 11.8 Å². The van der Waals surface area contributed by atoms with Gasteiger partial charge in [0.1, 0.15) is 11.3 Å². The van der Waals surface area contributed by atoms with E-state index >= 15 is 0 Å². The number of nitrogens with one attached hydrogen (secondary N) is 1. The molecule has 154 valence electrons. The minimum Gasteiger partial charge on any atom is -0.496 e. The van der Waals surface area contributed by atoms with Gasteiger partial charge in [-0.15, -0.1) is 0 Å². The summed E-state index contributed by atoms with van der Waals surface area (Å²) in [5, 5.41) is 13.4. The van der Waals surface area contributed by atoms with E-state index in [1.807, 2.05) is 6.92 Å². The lowest BCUT2D eigenvalue weighted by Gasteiger charge is -2.26. The molecule has 0 atom stereocenters. The zero-order chi connectivity index (χ0) is 22.0. The SMILES string of the molecule is COc1cc(OC)c([N+](=O)[O-])cc1C=C1C(=O)NC(=O)N(c2ccc(C)cc2)C1=O. The van der Waals surface area contributed by atoms with Crippen molar-refractivity contribution >= 4 is 35.3 Å². The normalized spacial score (nSPS) is 15.2. The van der Waals surface area contributed by atoms with Crippen LogP contribution in [0.2, 0.25) is 0 Å². The summed E-state index contributed by atoms with van der Waals surface area (Å²) in [6.45, 7) is 1.85. The lowest BCUT2D eigenvalue weighted by molar-refractivity contribution is -0.385. The number of nitro benzene ring substituents is 1. The molecular formula is C20H17N3O7. The standard InChI is InChI=1S/C20H17N3O7/c1-11-4-6-13(7-5-11)22-19(25)14(18(24)21-20(22)26)8-12-9-15(23(27)28)17(30-3)10-16(12)29-2/h4-10H,1-3H3,(H,21,24,26). The lowest BCUT2D eigenvalue weighted by Crippen LogP contribution is -2.54. The number of imide groups is 2. The number of rotatable bonds is 5. The first-order valence-electron chi connectivity index (χ1n) is 8.65. The van der Waals surface area contributed by atoms with E-state index in [9.17, 15) is 24.5 Å². The molecule has 0 spiro atoms. The molecule has 0 aliphatic carbocycles. The highest BCUT2D eigenvalue weighted by Crippen LogP contribution is 2.36. The molecule has 10 nitrogen and oxygen atoms in total. The smallest absolute Gasteiger partial charge is 0.335 e. The molecule has 1 N–H and O–H groups in total. The second-order valence-corrected chi connectivity index (χ2v) is 6.32. The third kappa shape index (κ3) is 3.70. The molecule has 0 unspecified atom stereocenters. The van der Waals surface area contributed by atoms with Crippen molar-refractivity contribution in [3.05, 3.63) is 63.2 Å². The van der Waals surface area contributed by atoms with Crippen LogP contribution < -0.4 is 19.7 Å². The van der Waals surface area contributed by atoms with Gasteiger partial charge in [-0.2, -0.15) is 0 Å². The van der Waals surface area contributed by atoms with Gasteiger partial charge in [0.05, 0.1) is 24.8 Å². The lowest BCUT2D eigenvalue weighted by atomic mass is 10.0. The van der Waals surface area contributed by atoms with Crippen LogP contribution in [0, 0.1) is 17.0 Å². The van der Waals surface area contributed by atoms with E-state index in [1.54, 1.807) is 24.3 Å². The van der Waals surface area contributed by atoms with Crippen LogP contribution in [-0.2, 0) is 9.59 Å². The number of urea groups is 1. The first-order chi connectivity index (χ1) is 14.3. The van der Waals surface area contributed by atoms with Gasteiger partial charge in [0.15, 0.2) is 0 Å². The number of nitrogens with zero attached hydrogens (tertiary/aromatic N) is 2. The largest absolute Gasteiger partial charge is 0.496 e. The van der Waals surface area contributed by atoms with Crippen LogP contribution >= 0.6 is 0 Å². The van der Waals surface area contributed by atoms with Crippen molar-refractivity contribution < 1.29 is 28.8 Å². The summed E-state index contributed by atoms with van der Waals surface area (Å²) in [6.07, 6.45) is 1.14. The van der Waals surface area contributed by atoms with Crippen LogP contribution in [0.4, 0.5) is 16.2 Å². The fraction of sp³-hybridized carbons (Fsp3) is 0.150. The van der Waals surface area contributed by atoms with Crippen LogP contribution in [0.3, 0.4) is 0 Å². The van der Waals surface area contributed by atoms with Gasteiger partial charge in [-0.25, -0.2) is 9.69 Å². The van der Waals surface area contributed by atoms with E-state index in [0.29, 0.717) is 0 Å². The Kier molecular flexibility index (Phi) is 5.50. The van der Waals surface area contributed by atoms with Crippen LogP contribution in [0.5, 0.6) is 11.5 Å². The van der Waals surface area contributed by atoms with Crippen LogP contribution in [0.25, 0.3) is 6.08 Å². The van der Waals surface area contributed by atoms with E-state index in [0.717, 1.165) is 22.6 Å². The Hall–Kier alpha value is -4.21. The molecule has 0 radical (unpaired) electrons. The molecule has 0 saturated carbocycles. The maximum atomic E-state index is 13.0. The van der Waals surface area contributed by atoms with Gasteiger partial charge in [-0.1, -0.05) is 17.7 Å². The highest BCUT2D eigenvalue weighted by atomic mass is 16.6. The molecule has 10 heteroatoms. The minimum absolute atomic E-state index is 0.0464. The van der Waals surface area contributed by atoms with E-state index in [-0.39, 0.29) is 34.0 Å². The van der Waals surface area contributed by atoms with E-state index in [2.05, 4.69) is 5.32 Å². The Balaban J connectivity index is 2.11. The van der Waals surface area contributed by atoms with Crippen molar-refractivity contribution in [2.24, 2.45) is 0 Å². The number of carbonyl (C=O) groups is 3. The number of anilines is 1. The average molecular weight is 411 g/mol. The van der Waals surface area contributed by atoms with Crippen molar-refractivity contribution in [2.75, 3.05) is 19.1 Å². The van der Waals surface area contributed by atoms with E-state index < -0.39 is 22.8 Å². The molecule has 0 bridgehead atoms. The fourth-order valence-electron chi connectivity index (χ4n) is 2.90. The summed E-state index contributed by atoms with van der Waals surface area (Å²) in [5.74, 6) is -1.69. The van der Waals surface area contributed by atoms with Crippen molar-refractivity contribution in [2.45, 2.75) is 6.92 Å². The maximum absolute atomic E-state index is 13.0. The Morgan fingerprint density at radius 3 is 2.23 bits per heavy atom. The predicted octanol–water partition coefficient (Wildman–Crippen LogP) is 2.59. The van der Waals surface area contributed by atoms with Crippen molar-refractivity contribution in [3.63, 3.8) is 0 Å². The third-order valence-electron chi connectivity index (χ3n) is 4.42. The summed E-state index contributed by atoms with van der Waals surface area (Å²) in [7, 11) is 2.59. The van der Waals surface area contributed by atoms with Gasteiger partial charge in [-0.05, 0) is 25.1 Å². The predicted molar refractivity (Wildman–Crippen MR) is 106 cm³/mol. The molecule has 1 saturated heterocycles. The van der Waals surface area contributed by atoms with Gasteiger partial charge in [-0.3, -0.25) is 25.0 Å². The number of methoxy groups -OCH3 is 2. The Bertz CT molecular complexity index is 1090. The molecule has 1 aliphatic heterocycles. The Morgan fingerprint density at radius 1 is 1.03 bits per heavy atom. The first-order valence-corrected chi connectivity index (χ1v) is 8.65. The number of aryl methyl sites for hydroxylation is 1. The number of ether oxygens (including phenoxy) is 2. The summed E-state index contributed by atoms with van der Waals surface area (Å²) in [5.41, 5.74) is 0.537. The van der Waals surface area contributed by atoms with Crippen molar-refractivity contribution in [1.82, 2.24) is 5.32 Å². The van der Waals surface area contributed by atoms with Crippen LogP contribution in [0.1, 0.15) is 11.1 Å². The molecule has 0 aromatic heterocycles. The quantitative estimate of drug-likeness (QED) is 0.347. The van der Waals surface area contributed by atoms with E-state index in [4.69, 9.17) is 9.47 Å². The number of nitro groups is 1. The van der Waals surface area contributed by atoms with Gasteiger partial charge in [0, 0.05) is 17.7 Å². The highest BCUT2D eigenvalue weighted by molar-refractivity contribution is 6.39. The van der Waals surface area contributed by atoms with Crippen LogP contribution in [-0.4, -0.2) is 37.0 Å². The minimum atomic E-state index is -0.922. The van der Waals surface area contributed by atoms with Crippen LogP contribution in [0.15, 0.2) is 42.0 Å². The Morgan fingerprint density at radius 2 is 1.67 bits per heavy atom. The monoisotopic (exact) mass is 411 g/mol. The molecule has 3 rings (SSSR count). The zero-order valence-electron chi connectivity index (χ0n) is 16.3. The summed E-state index contributed by atoms with van der Waals surface area (Å²) in [6, 6.07) is 8.07. The summed E-state index contributed by atoms with van der Waals surface area (Å²) in [4.78, 5) is 49.0. The van der Waals surface area contributed by atoms with Crippen molar-refractivity contribution in [1.29, 1.82) is 0 Å². The number of barbiturate groups is 1. The number of carbonyl (C=O) groups excluding carboxylic acids is 3. The molecule has 1 fully saturated rings. The topological polar surface area (TPSA) is 128 Å². The molecule has 2 aromatic rings. The van der Waals surface area contributed by atoms with Gasteiger partial charge < -0.3 is 9.47 Å². The second kappa shape index (κ2) is 8.03. The number of hydrogen-bond acceptors (Lipinski definition) is 7. The number of benzene rings is 2. The Labute approximate surface area is 170 Å². The number of amides is 4.